The molecule has 8 heteroatoms. The standard InChI is InChI=1S/C12H12N2O6/c1-20-12(17)7-4-11(16)13(6-7)9-3-2-8(15)5-10(9)14(18)19/h2-3,5,7,15H,4,6H2,1H3. The molecular formula is C12H12N2O6. The number of esters is 1. The normalized spacial score (nSPS) is 18.1. The molecule has 0 spiro atoms. The first-order valence-corrected chi connectivity index (χ1v) is 5.79. The fourth-order valence-corrected chi connectivity index (χ4v) is 2.15. The number of amides is 1. The Balaban J connectivity index is 2.35. The molecule has 1 atom stereocenters. The molecule has 8 nitrogen and oxygen atoms in total. The molecule has 1 aromatic rings. The molecule has 1 amide bonds. The first kappa shape index (κ1) is 13.8. The van der Waals surface area contributed by atoms with Crippen molar-refractivity contribution in [1.82, 2.24) is 0 Å². The lowest BCUT2D eigenvalue weighted by Crippen LogP contribution is -2.26. The molecule has 0 saturated carbocycles. The highest BCUT2D eigenvalue weighted by Crippen LogP contribution is 2.35. The Morgan fingerprint density at radius 1 is 1.55 bits per heavy atom. The van der Waals surface area contributed by atoms with Crippen LogP contribution in [0.4, 0.5) is 11.4 Å². The maximum atomic E-state index is 11.9. The highest BCUT2D eigenvalue weighted by Gasteiger charge is 2.38. The summed E-state index contributed by atoms with van der Waals surface area (Å²) in [6.07, 6.45) is -0.0509. The van der Waals surface area contributed by atoms with Crippen molar-refractivity contribution < 1.29 is 24.4 Å². The summed E-state index contributed by atoms with van der Waals surface area (Å²) in [6.45, 7) is 0.0249. The van der Waals surface area contributed by atoms with E-state index in [1.807, 2.05) is 0 Å². The molecule has 0 radical (unpaired) electrons. The van der Waals surface area contributed by atoms with Gasteiger partial charge in [-0.05, 0) is 12.1 Å². The number of carbonyl (C=O) groups is 2. The van der Waals surface area contributed by atoms with Gasteiger partial charge in [-0.3, -0.25) is 19.7 Å². The Hall–Kier alpha value is -2.64. The minimum Gasteiger partial charge on any atom is -0.508 e. The highest BCUT2D eigenvalue weighted by atomic mass is 16.6. The summed E-state index contributed by atoms with van der Waals surface area (Å²) in [6, 6.07) is 3.50. The number of anilines is 1. The Labute approximate surface area is 113 Å². The SMILES string of the molecule is COC(=O)C1CC(=O)N(c2ccc(O)cc2[N+](=O)[O-])C1. The van der Waals surface area contributed by atoms with Crippen LogP contribution in [0.1, 0.15) is 6.42 Å². The van der Waals surface area contributed by atoms with E-state index in [0.717, 1.165) is 6.07 Å². The molecule has 1 aliphatic heterocycles. The number of ether oxygens (including phenoxy) is 1. The van der Waals surface area contributed by atoms with Crippen molar-refractivity contribution in [1.29, 1.82) is 0 Å². The first-order chi connectivity index (χ1) is 9.43. The molecule has 1 N–H and O–H groups in total. The van der Waals surface area contributed by atoms with Crippen molar-refractivity contribution in [2.24, 2.45) is 5.92 Å². The van der Waals surface area contributed by atoms with Crippen LogP contribution in [0.2, 0.25) is 0 Å². The maximum Gasteiger partial charge on any atom is 0.311 e. The van der Waals surface area contributed by atoms with Crippen LogP contribution in [0.25, 0.3) is 0 Å². The quantitative estimate of drug-likeness (QED) is 0.498. The van der Waals surface area contributed by atoms with Crippen LogP contribution in [-0.4, -0.2) is 35.6 Å². The Morgan fingerprint density at radius 3 is 2.85 bits per heavy atom. The third-order valence-corrected chi connectivity index (χ3v) is 3.11. The van der Waals surface area contributed by atoms with Gasteiger partial charge in [0.25, 0.3) is 5.69 Å². The third kappa shape index (κ3) is 2.40. The van der Waals surface area contributed by atoms with E-state index in [0.29, 0.717) is 0 Å². The van der Waals surface area contributed by atoms with Crippen molar-refractivity contribution in [3.05, 3.63) is 28.3 Å². The van der Waals surface area contributed by atoms with E-state index in [1.165, 1.54) is 24.1 Å². The van der Waals surface area contributed by atoms with Crippen LogP contribution in [0.5, 0.6) is 5.75 Å². The topological polar surface area (TPSA) is 110 Å². The van der Waals surface area contributed by atoms with Crippen LogP contribution in [0, 0.1) is 16.0 Å². The molecule has 1 unspecified atom stereocenters. The van der Waals surface area contributed by atoms with Crippen molar-refractivity contribution in [3.8, 4) is 5.75 Å². The zero-order valence-corrected chi connectivity index (χ0v) is 10.6. The Morgan fingerprint density at radius 2 is 2.25 bits per heavy atom. The average molecular weight is 280 g/mol. The summed E-state index contributed by atoms with van der Waals surface area (Å²) in [4.78, 5) is 34.8. The number of nitro benzene ring substituents is 1. The second-order valence-corrected chi connectivity index (χ2v) is 4.36. The summed E-state index contributed by atoms with van der Waals surface area (Å²) < 4.78 is 4.57. The van der Waals surface area contributed by atoms with Gasteiger partial charge in [0.1, 0.15) is 11.4 Å². The van der Waals surface area contributed by atoms with Crippen molar-refractivity contribution in [3.63, 3.8) is 0 Å². The van der Waals surface area contributed by atoms with Gasteiger partial charge in [0, 0.05) is 13.0 Å². The van der Waals surface area contributed by atoms with Crippen LogP contribution in [0.15, 0.2) is 18.2 Å². The molecule has 0 aromatic heterocycles. The van der Waals surface area contributed by atoms with Gasteiger partial charge in [0.15, 0.2) is 0 Å². The molecular weight excluding hydrogens is 268 g/mol. The second kappa shape index (κ2) is 5.16. The maximum absolute atomic E-state index is 11.9. The zero-order chi connectivity index (χ0) is 14.9. The molecule has 1 aliphatic rings. The molecule has 106 valence electrons. The number of hydrogen-bond donors (Lipinski definition) is 1. The molecule has 1 heterocycles. The largest absolute Gasteiger partial charge is 0.508 e. The van der Waals surface area contributed by atoms with Crippen LogP contribution in [-0.2, 0) is 14.3 Å². The summed E-state index contributed by atoms with van der Waals surface area (Å²) in [7, 11) is 1.22. The summed E-state index contributed by atoms with van der Waals surface area (Å²) in [5.41, 5.74) is -0.326. The van der Waals surface area contributed by atoms with E-state index in [9.17, 15) is 24.8 Å². The first-order valence-electron chi connectivity index (χ1n) is 5.79. The lowest BCUT2D eigenvalue weighted by Gasteiger charge is -2.16. The van der Waals surface area contributed by atoms with E-state index < -0.39 is 22.7 Å². The van der Waals surface area contributed by atoms with Crippen LogP contribution < -0.4 is 4.90 Å². The van der Waals surface area contributed by atoms with Crippen molar-refractivity contribution in [2.75, 3.05) is 18.6 Å². The molecule has 0 bridgehead atoms. The molecule has 1 saturated heterocycles. The van der Waals surface area contributed by atoms with E-state index in [4.69, 9.17) is 0 Å². The van der Waals surface area contributed by atoms with Gasteiger partial charge in [-0.15, -0.1) is 0 Å². The van der Waals surface area contributed by atoms with E-state index in [1.54, 1.807) is 0 Å². The minimum atomic E-state index is -0.687. The van der Waals surface area contributed by atoms with E-state index in [2.05, 4.69) is 4.74 Å². The monoisotopic (exact) mass is 280 g/mol. The number of phenolic OH excluding ortho intramolecular Hbond substituents is 1. The van der Waals surface area contributed by atoms with Gasteiger partial charge < -0.3 is 14.7 Å². The van der Waals surface area contributed by atoms with Crippen LogP contribution >= 0.6 is 0 Å². The fourth-order valence-electron chi connectivity index (χ4n) is 2.15. The predicted molar refractivity (Wildman–Crippen MR) is 67.2 cm³/mol. The molecule has 0 aliphatic carbocycles. The number of methoxy groups -OCH3 is 1. The zero-order valence-electron chi connectivity index (χ0n) is 10.6. The molecule has 2 rings (SSSR count). The molecule has 1 aromatic carbocycles. The summed E-state index contributed by atoms with van der Waals surface area (Å²) in [5.74, 6) is -1.83. The number of carbonyl (C=O) groups excluding carboxylic acids is 2. The van der Waals surface area contributed by atoms with Gasteiger partial charge in [-0.2, -0.15) is 0 Å². The lowest BCUT2D eigenvalue weighted by atomic mass is 10.1. The smallest absolute Gasteiger partial charge is 0.311 e. The predicted octanol–water partition coefficient (Wildman–Crippen LogP) is 0.826. The number of phenols is 1. The highest BCUT2D eigenvalue weighted by molar-refractivity contribution is 6.01. The van der Waals surface area contributed by atoms with Gasteiger partial charge in [0.05, 0.1) is 24.0 Å². The van der Waals surface area contributed by atoms with E-state index >= 15 is 0 Å². The average Bonchev–Trinajstić information content (AvgIpc) is 2.79. The van der Waals surface area contributed by atoms with Gasteiger partial charge in [-0.1, -0.05) is 0 Å². The summed E-state index contributed by atoms with van der Waals surface area (Å²) in [5, 5.41) is 20.3. The number of rotatable bonds is 3. The summed E-state index contributed by atoms with van der Waals surface area (Å²) >= 11 is 0. The third-order valence-electron chi connectivity index (χ3n) is 3.11. The molecule has 1 fully saturated rings. The van der Waals surface area contributed by atoms with Crippen molar-refractivity contribution >= 4 is 23.3 Å². The van der Waals surface area contributed by atoms with E-state index in [-0.39, 0.29) is 30.1 Å². The second-order valence-electron chi connectivity index (χ2n) is 4.36. The number of nitrogens with zero attached hydrogens (tertiary/aromatic N) is 2. The molecule has 20 heavy (non-hydrogen) atoms. The minimum absolute atomic E-state index is 0.0249. The number of hydrogen-bond acceptors (Lipinski definition) is 6. The number of nitro groups is 1. The van der Waals surface area contributed by atoms with Gasteiger partial charge in [-0.25, -0.2) is 0 Å². The number of aromatic hydroxyl groups is 1. The van der Waals surface area contributed by atoms with Crippen molar-refractivity contribution in [2.45, 2.75) is 6.42 Å². The van der Waals surface area contributed by atoms with Gasteiger partial charge in [0.2, 0.25) is 5.91 Å². The Kier molecular flexibility index (Phi) is 3.55. The fraction of sp³-hybridized carbons (Fsp3) is 0.333. The van der Waals surface area contributed by atoms with Crippen LogP contribution in [0.3, 0.4) is 0 Å². The lowest BCUT2D eigenvalue weighted by molar-refractivity contribution is -0.384. The van der Waals surface area contributed by atoms with Gasteiger partial charge >= 0.3 is 5.97 Å². The number of benzene rings is 1. The Bertz CT molecular complexity index is 585.